The van der Waals surface area contributed by atoms with Crippen molar-refractivity contribution in [2.24, 2.45) is 17.3 Å². The summed E-state index contributed by atoms with van der Waals surface area (Å²) >= 11 is 0. The van der Waals surface area contributed by atoms with Crippen molar-refractivity contribution in [2.45, 2.75) is 96.8 Å². The summed E-state index contributed by atoms with van der Waals surface area (Å²) in [6.45, 7) is 2.31. The first kappa shape index (κ1) is 15.0. The van der Waals surface area contributed by atoms with E-state index in [0.717, 1.165) is 11.8 Å². The molecule has 0 nitrogen and oxygen atoms in total. The lowest BCUT2D eigenvalue weighted by Crippen LogP contribution is -2.33. The van der Waals surface area contributed by atoms with Crippen molar-refractivity contribution in [3.05, 3.63) is 22.8 Å². The van der Waals surface area contributed by atoms with Gasteiger partial charge in [-0.15, -0.1) is 0 Å². The van der Waals surface area contributed by atoms with E-state index in [9.17, 15) is 0 Å². The molecule has 0 bridgehead atoms. The minimum Gasteiger partial charge on any atom is -0.0809 e. The zero-order valence-corrected chi connectivity index (χ0v) is 14.6. The highest BCUT2D eigenvalue weighted by Gasteiger charge is 2.47. The minimum atomic E-state index is 0.694. The Balaban J connectivity index is 1.40. The SMILES string of the molecule is CCCCCC1=CC/C(=C2\CCC23CCC2CCC2CC3)C1. The lowest BCUT2D eigenvalue weighted by atomic mass is 9.58. The predicted molar refractivity (Wildman–Crippen MR) is 94.8 cm³/mol. The van der Waals surface area contributed by atoms with Crippen LogP contribution in [0.1, 0.15) is 96.8 Å². The van der Waals surface area contributed by atoms with Crippen molar-refractivity contribution < 1.29 is 0 Å². The highest BCUT2D eigenvalue weighted by molar-refractivity contribution is 5.37. The maximum absolute atomic E-state index is 2.59. The molecule has 0 saturated heterocycles. The molecule has 0 N–H and O–H groups in total. The molecule has 122 valence electrons. The molecule has 0 aromatic carbocycles. The van der Waals surface area contributed by atoms with E-state index in [1.54, 1.807) is 31.3 Å². The molecule has 0 heteroatoms. The highest BCUT2D eigenvalue weighted by atomic mass is 14.5. The Labute approximate surface area is 137 Å². The summed E-state index contributed by atoms with van der Waals surface area (Å²) in [4.78, 5) is 0. The molecular formula is C22H34. The van der Waals surface area contributed by atoms with E-state index >= 15 is 0 Å². The van der Waals surface area contributed by atoms with E-state index in [1.807, 2.05) is 11.1 Å². The Hall–Kier alpha value is -0.520. The van der Waals surface area contributed by atoms with Crippen LogP contribution in [0, 0.1) is 17.3 Å². The summed E-state index contributed by atoms with van der Waals surface area (Å²) in [5, 5.41) is 0. The summed E-state index contributed by atoms with van der Waals surface area (Å²) in [6.07, 6.45) is 23.1. The van der Waals surface area contributed by atoms with Crippen LogP contribution in [0.25, 0.3) is 0 Å². The third-order valence-corrected chi connectivity index (χ3v) is 7.66. The number of rotatable bonds is 4. The molecule has 1 spiro atoms. The summed E-state index contributed by atoms with van der Waals surface area (Å²) in [5.41, 5.74) is 6.29. The normalized spacial score (nSPS) is 40.7. The largest absolute Gasteiger partial charge is 0.0809 e. The third-order valence-electron chi connectivity index (χ3n) is 7.66. The van der Waals surface area contributed by atoms with Gasteiger partial charge in [-0.25, -0.2) is 0 Å². The number of fused-ring (bicyclic) bond motifs is 1. The van der Waals surface area contributed by atoms with Crippen LogP contribution in [0.5, 0.6) is 0 Å². The van der Waals surface area contributed by atoms with E-state index in [1.165, 1.54) is 64.2 Å². The summed E-state index contributed by atoms with van der Waals surface area (Å²) in [7, 11) is 0. The van der Waals surface area contributed by atoms with E-state index in [0.29, 0.717) is 5.41 Å². The van der Waals surface area contributed by atoms with Crippen molar-refractivity contribution in [2.75, 3.05) is 0 Å². The smallest absolute Gasteiger partial charge is 0.00819 e. The van der Waals surface area contributed by atoms with Crippen LogP contribution in [-0.2, 0) is 0 Å². The van der Waals surface area contributed by atoms with Gasteiger partial charge >= 0.3 is 0 Å². The first-order valence-corrected chi connectivity index (χ1v) is 10.2. The molecule has 2 atom stereocenters. The fourth-order valence-electron chi connectivity index (χ4n) is 5.86. The second kappa shape index (κ2) is 6.17. The first-order chi connectivity index (χ1) is 10.8. The summed E-state index contributed by atoms with van der Waals surface area (Å²) in [6, 6.07) is 0. The molecule has 2 unspecified atom stereocenters. The quantitative estimate of drug-likeness (QED) is 0.388. The Morgan fingerprint density at radius 1 is 1.00 bits per heavy atom. The molecule has 4 aliphatic carbocycles. The van der Waals surface area contributed by atoms with Crippen LogP contribution < -0.4 is 0 Å². The molecule has 0 aromatic heterocycles. The van der Waals surface area contributed by atoms with Gasteiger partial charge in [0.25, 0.3) is 0 Å². The third kappa shape index (κ3) is 2.61. The number of hydrogen-bond donors (Lipinski definition) is 0. The van der Waals surface area contributed by atoms with Crippen molar-refractivity contribution in [3.8, 4) is 0 Å². The molecule has 0 aromatic rings. The van der Waals surface area contributed by atoms with Gasteiger partial charge in [-0.05, 0) is 94.3 Å². The van der Waals surface area contributed by atoms with Gasteiger partial charge in [0.15, 0.2) is 0 Å². The van der Waals surface area contributed by atoms with E-state index in [4.69, 9.17) is 0 Å². The molecular weight excluding hydrogens is 264 g/mol. The van der Waals surface area contributed by atoms with E-state index < -0.39 is 0 Å². The molecule has 3 saturated carbocycles. The van der Waals surface area contributed by atoms with Gasteiger partial charge < -0.3 is 0 Å². The number of hydrogen-bond acceptors (Lipinski definition) is 0. The van der Waals surface area contributed by atoms with Crippen LogP contribution >= 0.6 is 0 Å². The average molecular weight is 299 g/mol. The Morgan fingerprint density at radius 3 is 2.36 bits per heavy atom. The van der Waals surface area contributed by atoms with E-state index in [2.05, 4.69) is 13.0 Å². The van der Waals surface area contributed by atoms with Crippen molar-refractivity contribution in [1.29, 1.82) is 0 Å². The van der Waals surface area contributed by atoms with Gasteiger partial charge in [0.1, 0.15) is 0 Å². The minimum absolute atomic E-state index is 0.694. The Kier molecular flexibility index (Phi) is 4.22. The Bertz CT molecular complexity index is 464. The van der Waals surface area contributed by atoms with Crippen LogP contribution in [0.4, 0.5) is 0 Å². The van der Waals surface area contributed by atoms with Gasteiger partial charge in [-0.1, -0.05) is 42.6 Å². The van der Waals surface area contributed by atoms with Crippen molar-refractivity contribution in [1.82, 2.24) is 0 Å². The van der Waals surface area contributed by atoms with Crippen LogP contribution in [-0.4, -0.2) is 0 Å². The average Bonchev–Trinajstić information content (AvgIpc) is 2.86. The van der Waals surface area contributed by atoms with Crippen LogP contribution in [0.2, 0.25) is 0 Å². The fourth-order valence-corrected chi connectivity index (χ4v) is 5.86. The zero-order chi connectivity index (χ0) is 15.0. The molecule has 3 fully saturated rings. The highest BCUT2D eigenvalue weighted by Crippen LogP contribution is 2.60. The Morgan fingerprint density at radius 2 is 1.77 bits per heavy atom. The lowest BCUT2D eigenvalue weighted by molar-refractivity contribution is 0.165. The second-order valence-electron chi connectivity index (χ2n) is 8.74. The number of unbranched alkanes of at least 4 members (excludes halogenated alkanes) is 2. The summed E-state index contributed by atoms with van der Waals surface area (Å²) < 4.78 is 0. The predicted octanol–water partition coefficient (Wildman–Crippen LogP) is 6.96. The number of allylic oxidation sites excluding steroid dienone is 4. The van der Waals surface area contributed by atoms with Crippen molar-refractivity contribution >= 4 is 0 Å². The van der Waals surface area contributed by atoms with Crippen LogP contribution in [0.15, 0.2) is 22.8 Å². The van der Waals surface area contributed by atoms with Gasteiger partial charge in [-0.2, -0.15) is 0 Å². The monoisotopic (exact) mass is 298 g/mol. The first-order valence-electron chi connectivity index (χ1n) is 10.2. The molecule has 0 radical (unpaired) electrons. The maximum Gasteiger partial charge on any atom is -0.00819 e. The van der Waals surface area contributed by atoms with Gasteiger partial charge in [0, 0.05) is 0 Å². The molecule has 4 aliphatic rings. The van der Waals surface area contributed by atoms with Crippen molar-refractivity contribution in [3.63, 3.8) is 0 Å². The molecule has 4 rings (SSSR count). The summed E-state index contributed by atoms with van der Waals surface area (Å²) in [5.74, 6) is 2.25. The topological polar surface area (TPSA) is 0 Å². The van der Waals surface area contributed by atoms with Gasteiger partial charge in [0.2, 0.25) is 0 Å². The second-order valence-corrected chi connectivity index (χ2v) is 8.74. The standard InChI is InChI=1S/C22H34/c1-2-3-4-5-17-6-7-20(16-17)21-12-15-22(21)13-10-18-8-9-19(18)11-14-22/h6,18-19H,2-5,7-16H2,1H3/b21-20-. The zero-order valence-electron chi connectivity index (χ0n) is 14.6. The van der Waals surface area contributed by atoms with E-state index in [-0.39, 0.29) is 0 Å². The molecule has 0 aliphatic heterocycles. The lowest BCUT2D eigenvalue weighted by Gasteiger charge is -2.46. The molecule has 0 amide bonds. The van der Waals surface area contributed by atoms with Crippen LogP contribution in [0.3, 0.4) is 0 Å². The fraction of sp³-hybridized carbons (Fsp3) is 0.818. The molecule has 22 heavy (non-hydrogen) atoms. The molecule has 0 heterocycles. The maximum atomic E-state index is 2.59. The van der Waals surface area contributed by atoms with Gasteiger partial charge in [0.05, 0.1) is 0 Å². The van der Waals surface area contributed by atoms with Gasteiger partial charge in [-0.3, -0.25) is 0 Å².